The van der Waals surface area contributed by atoms with Crippen LogP contribution < -0.4 is 10.4 Å². The predicted molar refractivity (Wildman–Crippen MR) is 76.9 cm³/mol. The second-order valence-electron chi connectivity index (χ2n) is 5.27. The van der Waals surface area contributed by atoms with E-state index in [4.69, 9.17) is 19.0 Å². The van der Waals surface area contributed by atoms with Crippen molar-refractivity contribution in [2.24, 2.45) is 0 Å². The van der Waals surface area contributed by atoms with Gasteiger partial charge in [-0.3, -0.25) is 0 Å². The lowest BCUT2D eigenvalue weighted by Gasteiger charge is -2.39. The van der Waals surface area contributed by atoms with Crippen molar-refractivity contribution in [2.45, 2.75) is 30.7 Å². The summed E-state index contributed by atoms with van der Waals surface area (Å²) in [5.41, 5.74) is -0.220. The number of aliphatic hydroxyl groups is 4. The van der Waals surface area contributed by atoms with Crippen LogP contribution in [0, 0.1) is 0 Å². The molecule has 23 heavy (non-hydrogen) atoms. The van der Waals surface area contributed by atoms with Crippen LogP contribution in [0.15, 0.2) is 39.5 Å². The van der Waals surface area contributed by atoms with E-state index < -0.39 is 42.9 Å². The third kappa shape index (κ3) is 3.07. The Hall–Kier alpha value is -1.97. The highest BCUT2D eigenvalue weighted by molar-refractivity contribution is 5.77. The third-order valence-corrected chi connectivity index (χ3v) is 3.70. The number of rotatable bonds is 3. The van der Waals surface area contributed by atoms with Gasteiger partial charge < -0.3 is 34.3 Å². The molecule has 5 atom stereocenters. The first-order valence-corrected chi connectivity index (χ1v) is 7.00. The van der Waals surface area contributed by atoms with E-state index in [1.54, 1.807) is 18.2 Å². The highest BCUT2D eigenvalue weighted by Crippen LogP contribution is 2.26. The van der Waals surface area contributed by atoms with Gasteiger partial charge in [-0.2, -0.15) is 0 Å². The Labute approximate surface area is 130 Å². The molecule has 1 aromatic heterocycles. The Morgan fingerprint density at radius 2 is 1.78 bits per heavy atom. The quantitative estimate of drug-likeness (QED) is 0.528. The maximum absolute atomic E-state index is 11.2. The molecule has 0 aliphatic carbocycles. The minimum Gasteiger partial charge on any atom is -0.462 e. The maximum Gasteiger partial charge on any atom is 0.336 e. The average molecular weight is 324 g/mol. The number of aliphatic hydroxyl groups excluding tert-OH is 4. The van der Waals surface area contributed by atoms with Crippen LogP contribution in [0.3, 0.4) is 0 Å². The van der Waals surface area contributed by atoms with E-state index in [-0.39, 0.29) is 5.75 Å². The van der Waals surface area contributed by atoms with Gasteiger partial charge in [-0.1, -0.05) is 0 Å². The van der Waals surface area contributed by atoms with Gasteiger partial charge in [-0.05, 0) is 18.2 Å². The molecule has 1 unspecified atom stereocenters. The Morgan fingerprint density at radius 1 is 1.04 bits per heavy atom. The molecule has 0 bridgehead atoms. The number of fused-ring (bicyclic) bond motifs is 1. The molecule has 4 N–H and O–H groups in total. The van der Waals surface area contributed by atoms with Crippen molar-refractivity contribution >= 4 is 11.0 Å². The van der Waals surface area contributed by atoms with Gasteiger partial charge in [-0.25, -0.2) is 4.79 Å². The van der Waals surface area contributed by atoms with Gasteiger partial charge in [0.15, 0.2) is 0 Å². The molecular formula is C15H16O8. The molecule has 0 amide bonds. The topological polar surface area (TPSA) is 130 Å². The summed E-state index contributed by atoms with van der Waals surface area (Å²) in [7, 11) is 0. The summed E-state index contributed by atoms with van der Waals surface area (Å²) in [5, 5.41) is 39.2. The van der Waals surface area contributed by atoms with Crippen LogP contribution in [-0.4, -0.2) is 57.7 Å². The van der Waals surface area contributed by atoms with Crippen LogP contribution in [0.2, 0.25) is 0 Å². The largest absolute Gasteiger partial charge is 0.462 e. The monoisotopic (exact) mass is 324 g/mol. The van der Waals surface area contributed by atoms with Crippen molar-refractivity contribution < 1.29 is 34.3 Å². The smallest absolute Gasteiger partial charge is 0.336 e. The number of ether oxygens (including phenoxy) is 2. The minimum atomic E-state index is -1.52. The molecule has 2 aromatic rings. The summed E-state index contributed by atoms with van der Waals surface area (Å²) in [6.45, 7) is -0.544. The Morgan fingerprint density at radius 3 is 2.52 bits per heavy atom. The summed E-state index contributed by atoms with van der Waals surface area (Å²) >= 11 is 0. The Kier molecular flexibility index (Phi) is 4.33. The van der Waals surface area contributed by atoms with Crippen molar-refractivity contribution in [1.82, 2.24) is 0 Å². The summed E-state index contributed by atoms with van der Waals surface area (Å²) in [6.07, 6.45) is -6.84. The number of hydrogen-bond acceptors (Lipinski definition) is 8. The van der Waals surface area contributed by atoms with Gasteiger partial charge in [0.25, 0.3) is 0 Å². The molecule has 1 aliphatic rings. The highest BCUT2D eigenvalue weighted by atomic mass is 16.7. The second kappa shape index (κ2) is 6.26. The van der Waals surface area contributed by atoms with Crippen LogP contribution in [0.1, 0.15) is 0 Å². The van der Waals surface area contributed by atoms with E-state index in [0.29, 0.717) is 11.0 Å². The number of benzene rings is 1. The zero-order valence-corrected chi connectivity index (χ0v) is 11.9. The van der Waals surface area contributed by atoms with Crippen molar-refractivity contribution in [3.05, 3.63) is 40.8 Å². The predicted octanol–water partition coefficient (Wildman–Crippen LogP) is -1.03. The van der Waals surface area contributed by atoms with Crippen LogP contribution in [0.25, 0.3) is 11.0 Å². The van der Waals surface area contributed by atoms with E-state index in [0.717, 1.165) is 0 Å². The first-order chi connectivity index (χ1) is 11.0. The van der Waals surface area contributed by atoms with Crippen LogP contribution in [-0.2, 0) is 4.74 Å². The van der Waals surface area contributed by atoms with E-state index in [1.165, 1.54) is 12.1 Å². The maximum atomic E-state index is 11.2. The molecule has 124 valence electrons. The van der Waals surface area contributed by atoms with Crippen molar-refractivity contribution in [3.63, 3.8) is 0 Å². The van der Waals surface area contributed by atoms with Gasteiger partial charge >= 0.3 is 5.63 Å². The fourth-order valence-electron chi connectivity index (χ4n) is 2.41. The van der Waals surface area contributed by atoms with Crippen molar-refractivity contribution in [2.75, 3.05) is 6.61 Å². The second-order valence-corrected chi connectivity index (χ2v) is 5.27. The standard InChI is InChI=1S/C15H16O8/c16-6-10-12(18)13(19)14(20)15(23-10)21-8-3-1-7-2-4-11(17)22-9(7)5-8/h1-5,10,12-16,18-20H,6H2/t10-,12+,13+,14-,15?/m1/s1. The summed E-state index contributed by atoms with van der Waals surface area (Å²) < 4.78 is 15.7. The van der Waals surface area contributed by atoms with Gasteiger partial charge in [0.2, 0.25) is 6.29 Å². The third-order valence-electron chi connectivity index (χ3n) is 3.70. The highest BCUT2D eigenvalue weighted by Gasteiger charge is 2.44. The molecule has 2 heterocycles. The van der Waals surface area contributed by atoms with Crippen molar-refractivity contribution in [1.29, 1.82) is 0 Å². The Balaban J connectivity index is 1.84. The molecule has 0 radical (unpaired) electrons. The summed E-state index contributed by atoms with van der Waals surface area (Å²) in [5.74, 6) is 0.233. The fourth-order valence-corrected chi connectivity index (χ4v) is 2.41. The number of hydrogen-bond donors (Lipinski definition) is 4. The molecule has 1 aromatic carbocycles. The summed E-state index contributed by atoms with van der Waals surface area (Å²) in [6, 6.07) is 7.55. The van der Waals surface area contributed by atoms with E-state index in [1.807, 2.05) is 0 Å². The zero-order valence-electron chi connectivity index (χ0n) is 11.9. The van der Waals surface area contributed by atoms with Crippen LogP contribution >= 0.6 is 0 Å². The Bertz CT molecular complexity index is 740. The minimum absolute atomic E-state index is 0.233. The van der Waals surface area contributed by atoms with Crippen molar-refractivity contribution in [3.8, 4) is 5.75 Å². The fraction of sp³-hybridized carbons (Fsp3) is 0.400. The lowest BCUT2D eigenvalue weighted by Crippen LogP contribution is -2.60. The van der Waals surface area contributed by atoms with Gasteiger partial charge in [0.05, 0.1) is 6.61 Å². The zero-order chi connectivity index (χ0) is 16.6. The SMILES string of the molecule is O=c1ccc2ccc(OC3O[C@H](CO)[C@H](O)[C@H](O)[C@H]3O)cc2o1. The normalized spacial score (nSPS) is 31.2. The molecule has 1 aliphatic heterocycles. The van der Waals surface area contributed by atoms with Gasteiger partial charge in [0, 0.05) is 17.5 Å². The average Bonchev–Trinajstić information content (AvgIpc) is 2.55. The van der Waals surface area contributed by atoms with Gasteiger partial charge in [-0.15, -0.1) is 0 Å². The molecule has 0 saturated carbocycles. The molecule has 3 rings (SSSR count). The molecule has 1 fully saturated rings. The lowest BCUT2D eigenvalue weighted by atomic mass is 9.99. The first kappa shape index (κ1) is 15.9. The molecule has 1 saturated heterocycles. The lowest BCUT2D eigenvalue weighted by molar-refractivity contribution is -0.277. The van der Waals surface area contributed by atoms with E-state index in [9.17, 15) is 20.1 Å². The van der Waals surface area contributed by atoms with Gasteiger partial charge in [0.1, 0.15) is 35.7 Å². The van der Waals surface area contributed by atoms with E-state index in [2.05, 4.69) is 0 Å². The molecule has 8 nitrogen and oxygen atoms in total. The molecule has 0 spiro atoms. The van der Waals surface area contributed by atoms with Crippen LogP contribution in [0.5, 0.6) is 5.75 Å². The molecule has 8 heteroatoms. The molecular weight excluding hydrogens is 308 g/mol. The first-order valence-electron chi connectivity index (χ1n) is 7.00. The van der Waals surface area contributed by atoms with E-state index >= 15 is 0 Å². The summed E-state index contributed by atoms with van der Waals surface area (Å²) in [4.78, 5) is 11.2. The van der Waals surface area contributed by atoms with Crippen LogP contribution in [0.4, 0.5) is 0 Å².